The maximum Gasteiger partial charge on any atom is 0.259 e. The van der Waals surface area contributed by atoms with Gasteiger partial charge in [-0.3, -0.25) is 4.79 Å². The van der Waals surface area contributed by atoms with Crippen LogP contribution in [0.2, 0.25) is 0 Å². The number of rotatable bonds is 5. The highest BCUT2D eigenvalue weighted by Gasteiger charge is 2.28. The Labute approximate surface area is 137 Å². The predicted octanol–water partition coefficient (Wildman–Crippen LogP) is 4.76. The van der Waals surface area contributed by atoms with E-state index < -0.39 is 0 Å². The molecular weight excluding hydrogens is 286 g/mol. The van der Waals surface area contributed by atoms with Gasteiger partial charge in [0.1, 0.15) is 5.75 Å². The van der Waals surface area contributed by atoms with Crippen molar-refractivity contribution >= 4 is 11.6 Å². The zero-order valence-electron chi connectivity index (χ0n) is 14.0. The van der Waals surface area contributed by atoms with Crippen molar-refractivity contribution in [2.75, 3.05) is 11.5 Å². The van der Waals surface area contributed by atoms with E-state index in [1.54, 1.807) is 0 Å². The molecule has 1 aliphatic rings. The van der Waals surface area contributed by atoms with E-state index in [2.05, 4.69) is 32.9 Å². The first-order chi connectivity index (χ1) is 11.1. The van der Waals surface area contributed by atoms with Crippen LogP contribution in [-0.2, 0) is 6.54 Å². The Balaban J connectivity index is 1.82. The molecular formula is C20H23NO2. The molecule has 1 heterocycles. The average molecular weight is 309 g/mol. The fourth-order valence-corrected chi connectivity index (χ4v) is 2.84. The first-order valence-electron chi connectivity index (χ1n) is 8.27. The van der Waals surface area contributed by atoms with E-state index in [1.165, 1.54) is 5.56 Å². The second kappa shape index (κ2) is 6.45. The molecule has 0 saturated carbocycles. The molecule has 2 aromatic carbocycles. The summed E-state index contributed by atoms with van der Waals surface area (Å²) in [7, 11) is 0. The van der Waals surface area contributed by atoms with Gasteiger partial charge in [-0.1, -0.05) is 39.0 Å². The standard InChI is InChI=1S/C20H23NO2/c1-4-11-23-18-10-7-16-13-21(20(22)19(16)12-18)17-8-5-15(6-9-17)14(2)3/h5-10,12,14H,4,11,13H2,1-3H3. The lowest BCUT2D eigenvalue weighted by molar-refractivity contribution is 0.0996. The van der Waals surface area contributed by atoms with Gasteiger partial charge in [-0.05, 0) is 47.7 Å². The van der Waals surface area contributed by atoms with E-state index in [1.807, 2.05) is 35.2 Å². The summed E-state index contributed by atoms with van der Waals surface area (Å²) in [6, 6.07) is 14.1. The summed E-state index contributed by atoms with van der Waals surface area (Å²) in [6.45, 7) is 7.71. The highest BCUT2D eigenvalue weighted by Crippen LogP contribution is 2.31. The first-order valence-corrected chi connectivity index (χ1v) is 8.27. The SMILES string of the molecule is CCCOc1ccc2c(c1)C(=O)N(c1ccc(C(C)C)cc1)C2. The molecule has 0 saturated heterocycles. The molecule has 1 aliphatic heterocycles. The number of carbonyl (C=O) groups excluding carboxylic acids is 1. The van der Waals surface area contributed by atoms with Gasteiger partial charge in [-0.15, -0.1) is 0 Å². The normalized spacial score (nSPS) is 13.6. The topological polar surface area (TPSA) is 29.5 Å². The van der Waals surface area contributed by atoms with Gasteiger partial charge >= 0.3 is 0 Å². The zero-order valence-corrected chi connectivity index (χ0v) is 14.0. The molecule has 3 heteroatoms. The number of hydrogen-bond acceptors (Lipinski definition) is 2. The minimum atomic E-state index is 0.0549. The van der Waals surface area contributed by atoms with Crippen molar-refractivity contribution in [3.63, 3.8) is 0 Å². The van der Waals surface area contributed by atoms with Crippen molar-refractivity contribution in [3.05, 3.63) is 59.2 Å². The van der Waals surface area contributed by atoms with Crippen molar-refractivity contribution in [2.24, 2.45) is 0 Å². The highest BCUT2D eigenvalue weighted by molar-refractivity contribution is 6.10. The second-order valence-corrected chi connectivity index (χ2v) is 6.30. The Morgan fingerprint density at radius 2 is 1.87 bits per heavy atom. The number of anilines is 1. The fourth-order valence-electron chi connectivity index (χ4n) is 2.84. The van der Waals surface area contributed by atoms with Gasteiger partial charge in [0.2, 0.25) is 0 Å². The average Bonchev–Trinajstić information content (AvgIpc) is 2.89. The molecule has 120 valence electrons. The van der Waals surface area contributed by atoms with E-state index in [9.17, 15) is 4.79 Å². The number of hydrogen-bond donors (Lipinski definition) is 0. The third-order valence-corrected chi connectivity index (χ3v) is 4.23. The molecule has 23 heavy (non-hydrogen) atoms. The molecule has 0 fully saturated rings. The Kier molecular flexibility index (Phi) is 4.37. The Bertz CT molecular complexity index is 704. The van der Waals surface area contributed by atoms with E-state index in [4.69, 9.17) is 4.74 Å². The van der Waals surface area contributed by atoms with Crippen molar-refractivity contribution < 1.29 is 9.53 Å². The summed E-state index contributed by atoms with van der Waals surface area (Å²) >= 11 is 0. The van der Waals surface area contributed by atoms with Crippen molar-refractivity contribution in [1.82, 2.24) is 0 Å². The van der Waals surface area contributed by atoms with Gasteiger partial charge in [-0.2, -0.15) is 0 Å². The number of fused-ring (bicyclic) bond motifs is 1. The first kappa shape index (κ1) is 15.6. The summed E-state index contributed by atoms with van der Waals surface area (Å²) in [5, 5.41) is 0. The van der Waals surface area contributed by atoms with Gasteiger partial charge in [0.15, 0.2) is 0 Å². The molecule has 3 rings (SSSR count). The van der Waals surface area contributed by atoms with Gasteiger partial charge in [0.05, 0.1) is 13.2 Å². The van der Waals surface area contributed by atoms with Crippen LogP contribution in [-0.4, -0.2) is 12.5 Å². The smallest absolute Gasteiger partial charge is 0.259 e. The van der Waals surface area contributed by atoms with Crippen molar-refractivity contribution in [1.29, 1.82) is 0 Å². The van der Waals surface area contributed by atoms with E-state index in [0.717, 1.165) is 29.0 Å². The molecule has 0 radical (unpaired) electrons. The molecule has 0 unspecified atom stereocenters. The fraction of sp³-hybridized carbons (Fsp3) is 0.350. The minimum absolute atomic E-state index is 0.0549. The van der Waals surface area contributed by atoms with Gasteiger partial charge < -0.3 is 9.64 Å². The molecule has 2 aromatic rings. The van der Waals surface area contributed by atoms with Crippen molar-refractivity contribution in [3.8, 4) is 5.75 Å². The van der Waals surface area contributed by atoms with Crippen LogP contribution in [0.15, 0.2) is 42.5 Å². The number of amides is 1. The third kappa shape index (κ3) is 3.09. The molecule has 0 atom stereocenters. The molecule has 0 N–H and O–H groups in total. The van der Waals surface area contributed by atoms with Gasteiger partial charge in [-0.25, -0.2) is 0 Å². The molecule has 0 aliphatic carbocycles. The summed E-state index contributed by atoms with van der Waals surface area (Å²) in [6.07, 6.45) is 0.958. The predicted molar refractivity (Wildman–Crippen MR) is 93.3 cm³/mol. The number of carbonyl (C=O) groups is 1. The molecule has 1 amide bonds. The number of nitrogens with zero attached hydrogens (tertiary/aromatic N) is 1. The van der Waals surface area contributed by atoms with E-state index in [0.29, 0.717) is 19.1 Å². The lowest BCUT2D eigenvalue weighted by Gasteiger charge is -2.16. The van der Waals surface area contributed by atoms with Crippen LogP contribution in [0.4, 0.5) is 5.69 Å². The summed E-state index contributed by atoms with van der Waals surface area (Å²) in [5.41, 5.74) is 4.05. The molecule has 0 aromatic heterocycles. The Hall–Kier alpha value is -2.29. The lowest BCUT2D eigenvalue weighted by atomic mass is 10.0. The van der Waals surface area contributed by atoms with E-state index >= 15 is 0 Å². The van der Waals surface area contributed by atoms with Crippen LogP contribution in [0.5, 0.6) is 5.75 Å². The van der Waals surface area contributed by atoms with Gasteiger partial charge in [0.25, 0.3) is 5.91 Å². The van der Waals surface area contributed by atoms with E-state index in [-0.39, 0.29) is 5.91 Å². The monoisotopic (exact) mass is 309 g/mol. The lowest BCUT2D eigenvalue weighted by Crippen LogP contribution is -2.22. The number of benzene rings is 2. The van der Waals surface area contributed by atoms with Crippen molar-refractivity contribution in [2.45, 2.75) is 39.7 Å². The third-order valence-electron chi connectivity index (χ3n) is 4.23. The minimum Gasteiger partial charge on any atom is -0.494 e. The van der Waals surface area contributed by atoms with Crippen LogP contribution in [0.1, 0.15) is 54.6 Å². The van der Waals surface area contributed by atoms with Gasteiger partial charge in [0, 0.05) is 11.3 Å². The largest absolute Gasteiger partial charge is 0.494 e. The summed E-state index contributed by atoms with van der Waals surface area (Å²) < 4.78 is 5.64. The maximum absolute atomic E-state index is 12.7. The highest BCUT2D eigenvalue weighted by atomic mass is 16.5. The molecule has 3 nitrogen and oxygen atoms in total. The van der Waals surface area contributed by atoms with Crippen LogP contribution >= 0.6 is 0 Å². The molecule has 0 spiro atoms. The summed E-state index contributed by atoms with van der Waals surface area (Å²) in [5.74, 6) is 1.32. The van der Waals surface area contributed by atoms with Crippen LogP contribution in [0.3, 0.4) is 0 Å². The van der Waals surface area contributed by atoms with Crippen LogP contribution in [0.25, 0.3) is 0 Å². The second-order valence-electron chi connectivity index (χ2n) is 6.30. The quantitative estimate of drug-likeness (QED) is 0.797. The summed E-state index contributed by atoms with van der Waals surface area (Å²) in [4.78, 5) is 14.5. The molecule has 0 bridgehead atoms. The maximum atomic E-state index is 12.7. The Morgan fingerprint density at radius 1 is 1.13 bits per heavy atom. The Morgan fingerprint density at radius 3 is 2.52 bits per heavy atom. The zero-order chi connectivity index (χ0) is 16.4. The van der Waals surface area contributed by atoms with Crippen LogP contribution < -0.4 is 9.64 Å². The van der Waals surface area contributed by atoms with Crippen LogP contribution in [0, 0.1) is 0 Å². The number of ether oxygens (including phenoxy) is 1.